The molecule has 0 saturated carbocycles. The first-order valence-corrected chi connectivity index (χ1v) is 6.30. The van der Waals surface area contributed by atoms with Crippen molar-refractivity contribution in [1.29, 1.82) is 0 Å². The van der Waals surface area contributed by atoms with E-state index in [9.17, 15) is 4.79 Å². The average molecular weight is 225 g/mol. The van der Waals surface area contributed by atoms with Crippen molar-refractivity contribution in [3.8, 4) is 0 Å². The first kappa shape index (κ1) is 11.9. The minimum absolute atomic E-state index is 0.0443. The molecule has 2 saturated heterocycles. The Kier molecular flexibility index (Phi) is 2.99. The van der Waals surface area contributed by atoms with Gasteiger partial charge in [-0.25, -0.2) is 0 Å². The second-order valence-electron chi connectivity index (χ2n) is 6.48. The second-order valence-corrected chi connectivity index (χ2v) is 6.48. The van der Waals surface area contributed by atoms with E-state index in [0.29, 0.717) is 17.8 Å². The van der Waals surface area contributed by atoms with Crippen molar-refractivity contribution in [3.05, 3.63) is 0 Å². The van der Waals surface area contributed by atoms with E-state index < -0.39 is 0 Å². The number of hydrogen-bond acceptors (Lipinski definition) is 2. The molecule has 1 amide bonds. The lowest BCUT2D eigenvalue weighted by Crippen LogP contribution is -2.50. The third-order valence-corrected chi connectivity index (χ3v) is 3.85. The molecule has 0 aromatic rings. The van der Waals surface area contributed by atoms with Gasteiger partial charge >= 0.3 is 0 Å². The van der Waals surface area contributed by atoms with Gasteiger partial charge in [0.15, 0.2) is 0 Å². The van der Waals surface area contributed by atoms with Crippen molar-refractivity contribution in [1.82, 2.24) is 5.32 Å². The standard InChI is InChI=1S/C13H23NO2/c1-12(2,3)9-10-8-11(15)14-13(10)4-6-16-7-5-13/h10H,4-9H2,1-3H3,(H,14,15). The zero-order chi connectivity index (χ0) is 11.8. The van der Waals surface area contributed by atoms with E-state index in [1.807, 2.05) is 0 Å². The highest BCUT2D eigenvalue weighted by Gasteiger charge is 2.47. The van der Waals surface area contributed by atoms with Gasteiger partial charge in [0, 0.05) is 25.2 Å². The number of carbonyl (C=O) groups is 1. The molecule has 0 aromatic carbocycles. The number of nitrogens with one attached hydrogen (secondary N) is 1. The van der Waals surface area contributed by atoms with Crippen molar-refractivity contribution >= 4 is 5.91 Å². The van der Waals surface area contributed by atoms with Crippen LogP contribution >= 0.6 is 0 Å². The van der Waals surface area contributed by atoms with Gasteiger partial charge < -0.3 is 10.1 Å². The summed E-state index contributed by atoms with van der Waals surface area (Å²) in [6, 6.07) is 0. The van der Waals surface area contributed by atoms with Gasteiger partial charge in [0.1, 0.15) is 0 Å². The maximum atomic E-state index is 11.7. The zero-order valence-corrected chi connectivity index (χ0v) is 10.6. The van der Waals surface area contributed by atoms with Crippen molar-refractivity contribution < 1.29 is 9.53 Å². The highest BCUT2D eigenvalue weighted by atomic mass is 16.5. The Bertz CT molecular complexity index is 274. The van der Waals surface area contributed by atoms with Crippen molar-refractivity contribution in [2.75, 3.05) is 13.2 Å². The summed E-state index contributed by atoms with van der Waals surface area (Å²) < 4.78 is 5.42. The molecule has 1 atom stereocenters. The molecule has 2 aliphatic heterocycles. The molecule has 2 heterocycles. The van der Waals surface area contributed by atoms with Crippen LogP contribution in [0.2, 0.25) is 0 Å². The quantitative estimate of drug-likeness (QED) is 0.742. The molecular weight excluding hydrogens is 202 g/mol. The van der Waals surface area contributed by atoms with E-state index in [1.165, 1.54) is 0 Å². The number of hydrogen-bond donors (Lipinski definition) is 1. The molecule has 0 radical (unpaired) electrons. The van der Waals surface area contributed by atoms with Gasteiger partial charge in [-0.15, -0.1) is 0 Å². The Labute approximate surface area is 97.9 Å². The lowest BCUT2D eigenvalue weighted by molar-refractivity contribution is -0.120. The molecule has 3 nitrogen and oxygen atoms in total. The maximum absolute atomic E-state index is 11.7. The van der Waals surface area contributed by atoms with Crippen LogP contribution in [0.25, 0.3) is 0 Å². The summed E-state index contributed by atoms with van der Waals surface area (Å²) in [4.78, 5) is 11.7. The number of rotatable bonds is 1. The summed E-state index contributed by atoms with van der Waals surface area (Å²) in [6.45, 7) is 8.34. The lowest BCUT2D eigenvalue weighted by Gasteiger charge is -2.40. The van der Waals surface area contributed by atoms with Crippen LogP contribution in [-0.4, -0.2) is 24.7 Å². The van der Waals surface area contributed by atoms with Crippen molar-refractivity contribution in [2.24, 2.45) is 11.3 Å². The molecule has 0 aromatic heterocycles. The molecule has 1 N–H and O–H groups in total. The fraction of sp³-hybridized carbons (Fsp3) is 0.923. The van der Waals surface area contributed by atoms with E-state index in [0.717, 1.165) is 32.5 Å². The Morgan fingerprint density at radius 2 is 2.00 bits per heavy atom. The van der Waals surface area contributed by atoms with E-state index in [-0.39, 0.29) is 11.4 Å². The van der Waals surface area contributed by atoms with Crippen LogP contribution in [0.15, 0.2) is 0 Å². The largest absolute Gasteiger partial charge is 0.381 e. The molecule has 1 spiro atoms. The molecule has 92 valence electrons. The topological polar surface area (TPSA) is 38.3 Å². The summed E-state index contributed by atoms with van der Waals surface area (Å²) in [7, 11) is 0. The van der Waals surface area contributed by atoms with E-state index >= 15 is 0 Å². The summed E-state index contributed by atoms with van der Waals surface area (Å²) in [5.74, 6) is 0.722. The Morgan fingerprint density at radius 3 is 2.56 bits per heavy atom. The molecule has 2 aliphatic rings. The molecule has 0 bridgehead atoms. The summed E-state index contributed by atoms with van der Waals surface area (Å²) >= 11 is 0. The molecule has 2 rings (SSSR count). The normalized spacial score (nSPS) is 29.4. The summed E-state index contributed by atoms with van der Waals surface area (Å²) in [5, 5.41) is 3.22. The summed E-state index contributed by atoms with van der Waals surface area (Å²) in [6.07, 6.45) is 3.79. The molecule has 16 heavy (non-hydrogen) atoms. The second kappa shape index (κ2) is 4.02. The third kappa shape index (κ3) is 2.40. The van der Waals surface area contributed by atoms with Crippen LogP contribution in [0.1, 0.15) is 46.5 Å². The van der Waals surface area contributed by atoms with Gasteiger partial charge in [-0.2, -0.15) is 0 Å². The van der Waals surface area contributed by atoms with Gasteiger partial charge in [0.25, 0.3) is 0 Å². The predicted octanol–water partition coefficient (Wildman–Crippen LogP) is 2.11. The van der Waals surface area contributed by atoms with Gasteiger partial charge in [0.05, 0.1) is 0 Å². The van der Waals surface area contributed by atoms with Crippen LogP contribution in [0, 0.1) is 11.3 Å². The van der Waals surface area contributed by atoms with Crippen molar-refractivity contribution in [3.63, 3.8) is 0 Å². The number of carbonyl (C=O) groups excluding carboxylic acids is 1. The molecule has 3 heteroatoms. The maximum Gasteiger partial charge on any atom is 0.220 e. The first-order chi connectivity index (χ1) is 7.41. The van der Waals surface area contributed by atoms with Crippen LogP contribution in [-0.2, 0) is 9.53 Å². The molecule has 2 fully saturated rings. The Balaban J connectivity index is 2.12. The zero-order valence-electron chi connectivity index (χ0n) is 10.6. The lowest BCUT2D eigenvalue weighted by atomic mass is 9.72. The smallest absolute Gasteiger partial charge is 0.220 e. The van der Waals surface area contributed by atoms with E-state index in [4.69, 9.17) is 4.74 Å². The van der Waals surface area contributed by atoms with E-state index in [1.54, 1.807) is 0 Å². The molecule has 0 aliphatic carbocycles. The highest BCUT2D eigenvalue weighted by molar-refractivity contribution is 5.80. The van der Waals surface area contributed by atoms with Crippen LogP contribution in [0.4, 0.5) is 0 Å². The fourth-order valence-electron chi connectivity index (χ4n) is 3.13. The SMILES string of the molecule is CC(C)(C)CC1CC(=O)NC12CCOCC2. The monoisotopic (exact) mass is 225 g/mol. The Morgan fingerprint density at radius 1 is 1.38 bits per heavy atom. The first-order valence-electron chi connectivity index (χ1n) is 6.30. The van der Waals surface area contributed by atoms with Gasteiger partial charge in [-0.3, -0.25) is 4.79 Å². The third-order valence-electron chi connectivity index (χ3n) is 3.85. The fourth-order valence-corrected chi connectivity index (χ4v) is 3.13. The average Bonchev–Trinajstić information content (AvgIpc) is 2.41. The van der Waals surface area contributed by atoms with Crippen LogP contribution in [0.3, 0.4) is 0 Å². The minimum atomic E-state index is 0.0443. The van der Waals surface area contributed by atoms with Gasteiger partial charge in [-0.05, 0) is 30.6 Å². The highest BCUT2D eigenvalue weighted by Crippen LogP contribution is 2.42. The summed E-state index contributed by atoms with van der Waals surface area (Å²) in [5.41, 5.74) is 0.338. The van der Waals surface area contributed by atoms with Crippen LogP contribution in [0.5, 0.6) is 0 Å². The van der Waals surface area contributed by atoms with Crippen LogP contribution < -0.4 is 5.32 Å². The minimum Gasteiger partial charge on any atom is -0.381 e. The molecular formula is C13H23NO2. The van der Waals surface area contributed by atoms with Crippen molar-refractivity contribution in [2.45, 2.75) is 52.0 Å². The molecule has 1 unspecified atom stereocenters. The predicted molar refractivity (Wildman–Crippen MR) is 63.1 cm³/mol. The van der Waals surface area contributed by atoms with Gasteiger partial charge in [-0.1, -0.05) is 20.8 Å². The Hall–Kier alpha value is -0.570. The van der Waals surface area contributed by atoms with E-state index in [2.05, 4.69) is 26.1 Å². The number of ether oxygens (including phenoxy) is 1. The van der Waals surface area contributed by atoms with Gasteiger partial charge in [0.2, 0.25) is 5.91 Å². The number of amides is 1.